The first kappa shape index (κ1) is 19.9. The molecule has 2 atom stereocenters. The van der Waals surface area contributed by atoms with E-state index in [1.165, 1.54) is 12.1 Å². The van der Waals surface area contributed by atoms with Crippen LogP contribution in [0, 0.1) is 0 Å². The van der Waals surface area contributed by atoms with Gasteiger partial charge in [-0.2, -0.15) is 13.2 Å². The number of hydrogen-bond donors (Lipinski definition) is 1. The van der Waals surface area contributed by atoms with Crippen LogP contribution in [0.15, 0.2) is 73.1 Å². The Hall–Kier alpha value is -3.35. The Balaban J connectivity index is 1.75. The minimum absolute atomic E-state index is 0.149. The zero-order valence-corrected chi connectivity index (χ0v) is 16.2. The Bertz CT molecular complexity index is 1040. The number of amides is 2. The van der Waals surface area contributed by atoms with Crippen molar-refractivity contribution < 1.29 is 18.0 Å². The van der Waals surface area contributed by atoms with Gasteiger partial charge in [0, 0.05) is 12.2 Å². The van der Waals surface area contributed by atoms with Gasteiger partial charge in [-0.15, -0.1) is 0 Å². The van der Waals surface area contributed by atoms with Crippen LogP contribution in [0.3, 0.4) is 0 Å². The third-order valence-electron chi connectivity index (χ3n) is 5.32. The number of rotatable bonds is 2. The molecule has 2 aromatic carbocycles. The van der Waals surface area contributed by atoms with E-state index in [1.54, 1.807) is 29.4 Å². The minimum Gasteiger partial charge on any atom is -0.310 e. The van der Waals surface area contributed by atoms with Gasteiger partial charge in [-0.1, -0.05) is 36.4 Å². The lowest BCUT2D eigenvalue weighted by Crippen LogP contribution is -2.48. The fraction of sp³-hybridized carbons (Fsp3) is 0.217. The van der Waals surface area contributed by atoms with Crippen LogP contribution in [-0.4, -0.2) is 22.0 Å². The molecule has 4 nitrogen and oxygen atoms in total. The lowest BCUT2D eigenvalue weighted by molar-refractivity contribution is -0.137. The third-order valence-corrected chi connectivity index (χ3v) is 5.32. The van der Waals surface area contributed by atoms with Crippen LogP contribution >= 0.6 is 0 Å². The fourth-order valence-electron chi connectivity index (χ4n) is 3.94. The maximum Gasteiger partial charge on any atom is 0.416 e. The van der Waals surface area contributed by atoms with Gasteiger partial charge in [0.1, 0.15) is 0 Å². The molecule has 0 saturated carbocycles. The molecule has 3 aromatic rings. The van der Waals surface area contributed by atoms with Gasteiger partial charge < -0.3 is 10.2 Å². The van der Waals surface area contributed by atoms with E-state index in [1.807, 2.05) is 31.2 Å². The van der Waals surface area contributed by atoms with E-state index in [0.29, 0.717) is 17.7 Å². The van der Waals surface area contributed by atoms with Gasteiger partial charge in [-0.25, -0.2) is 4.79 Å². The zero-order valence-electron chi connectivity index (χ0n) is 16.2. The Morgan fingerprint density at radius 2 is 1.80 bits per heavy atom. The normalized spacial score (nSPS) is 18.6. The van der Waals surface area contributed by atoms with Crippen LogP contribution in [0.5, 0.6) is 0 Å². The summed E-state index contributed by atoms with van der Waals surface area (Å²) in [6.45, 7) is 1.94. The molecule has 2 amide bonds. The molecule has 7 heteroatoms. The topological polar surface area (TPSA) is 45.2 Å². The fourth-order valence-corrected chi connectivity index (χ4v) is 3.94. The number of hydrogen-bond acceptors (Lipinski definition) is 2. The first-order valence-electron chi connectivity index (χ1n) is 9.59. The SMILES string of the molecule is CC1Cc2ccccc2C(c2ccc(C(F)(F)F)cc2)N1C(=O)Nc1cccnc1. The lowest BCUT2D eigenvalue weighted by atomic mass is 9.85. The number of alkyl halides is 3. The molecule has 1 aromatic heterocycles. The molecule has 0 saturated heterocycles. The van der Waals surface area contributed by atoms with Crippen molar-refractivity contribution >= 4 is 11.7 Å². The summed E-state index contributed by atoms with van der Waals surface area (Å²) >= 11 is 0. The molecule has 1 aliphatic rings. The van der Waals surface area contributed by atoms with Crippen molar-refractivity contribution in [3.05, 3.63) is 95.3 Å². The van der Waals surface area contributed by atoms with Crippen LogP contribution in [0.1, 0.15) is 35.2 Å². The van der Waals surface area contributed by atoms with E-state index in [-0.39, 0.29) is 12.1 Å². The second-order valence-electron chi connectivity index (χ2n) is 7.35. The van der Waals surface area contributed by atoms with Gasteiger partial charge in [-0.3, -0.25) is 4.98 Å². The van der Waals surface area contributed by atoms with E-state index in [4.69, 9.17) is 0 Å². The van der Waals surface area contributed by atoms with Crippen LogP contribution in [0.25, 0.3) is 0 Å². The number of carbonyl (C=O) groups excluding carboxylic acids is 1. The number of fused-ring (bicyclic) bond motifs is 1. The number of nitrogens with zero attached hydrogens (tertiary/aromatic N) is 2. The van der Waals surface area contributed by atoms with Crippen molar-refractivity contribution in [1.29, 1.82) is 0 Å². The molecule has 0 spiro atoms. The van der Waals surface area contributed by atoms with Gasteiger partial charge in [0.05, 0.1) is 23.5 Å². The van der Waals surface area contributed by atoms with Gasteiger partial charge in [0.2, 0.25) is 0 Å². The molecule has 2 heterocycles. The highest BCUT2D eigenvalue weighted by atomic mass is 19.4. The summed E-state index contributed by atoms with van der Waals surface area (Å²) in [5, 5.41) is 2.85. The summed E-state index contributed by atoms with van der Waals surface area (Å²) in [6.07, 6.45) is -0.588. The smallest absolute Gasteiger partial charge is 0.310 e. The predicted molar refractivity (Wildman–Crippen MR) is 108 cm³/mol. The Kier molecular flexibility index (Phi) is 5.20. The molecule has 2 unspecified atom stereocenters. The van der Waals surface area contributed by atoms with Crippen LogP contribution in [0.2, 0.25) is 0 Å². The standard InChI is InChI=1S/C23H20F3N3O/c1-15-13-17-5-2-3-7-20(17)21(16-8-10-18(11-9-16)23(24,25)26)29(15)22(30)28-19-6-4-12-27-14-19/h2-12,14-15,21H,13H2,1H3,(H,28,30). The number of aromatic nitrogens is 1. The summed E-state index contributed by atoms with van der Waals surface area (Å²) in [5.41, 5.74) is 2.47. The number of urea groups is 1. The monoisotopic (exact) mass is 411 g/mol. The zero-order chi connectivity index (χ0) is 21.3. The highest BCUT2D eigenvalue weighted by molar-refractivity contribution is 5.90. The third kappa shape index (κ3) is 3.87. The first-order chi connectivity index (χ1) is 14.3. The largest absolute Gasteiger partial charge is 0.416 e. The molecule has 0 aliphatic carbocycles. The highest BCUT2D eigenvalue weighted by Crippen LogP contribution is 2.39. The quantitative estimate of drug-likeness (QED) is 0.591. The Morgan fingerprint density at radius 3 is 2.47 bits per heavy atom. The molecule has 1 aliphatic heterocycles. The molecule has 0 bridgehead atoms. The second kappa shape index (κ2) is 7.82. The average molecular weight is 411 g/mol. The average Bonchev–Trinajstić information content (AvgIpc) is 2.73. The Labute approximate surface area is 172 Å². The van der Waals surface area contributed by atoms with Crippen molar-refractivity contribution in [3.8, 4) is 0 Å². The number of carbonyl (C=O) groups is 1. The molecular weight excluding hydrogens is 391 g/mol. The molecule has 30 heavy (non-hydrogen) atoms. The minimum atomic E-state index is -4.41. The van der Waals surface area contributed by atoms with Crippen LogP contribution in [-0.2, 0) is 12.6 Å². The number of benzene rings is 2. The number of pyridine rings is 1. The van der Waals surface area contributed by atoms with E-state index in [2.05, 4.69) is 10.3 Å². The molecule has 4 rings (SSSR count). The van der Waals surface area contributed by atoms with Crippen LogP contribution < -0.4 is 5.32 Å². The molecule has 154 valence electrons. The van der Waals surface area contributed by atoms with E-state index in [0.717, 1.165) is 23.3 Å². The maximum atomic E-state index is 13.2. The molecule has 0 fully saturated rings. The molecule has 0 radical (unpaired) electrons. The van der Waals surface area contributed by atoms with Gasteiger partial charge >= 0.3 is 12.2 Å². The summed E-state index contributed by atoms with van der Waals surface area (Å²) in [5.74, 6) is 0. The van der Waals surface area contributed by atoms with E-state index < -0.39 is 17.8 Å². The van der Waals surface area contributed by atoms with Gasteiger partial charge in [-0.05, 0) is 54.3 Å². The number of anilines is 1. The van der Waals surface area contributed by atoms with Crippen LogP contribution in [0.4, 0.5) is 23.7 Å². The van der Waals surface area contributed by atoms with Crippen molar-refractivity contribution in [2.24, 2.45) is 0 Å². The van der Waals surface area contributed by atoms with E-state index >= 15 is 0 Å². The number of nitrogens with one attached hydrogen (secondary N) is 1. The summed E-state index contributed by atoms with van der Waals surface area (Å²) in [4.78, 5) is 18.9. The van der Waals surface area contributed by atoms with E-state index in [9.17, 15) is 18.0 Å². The Morgan fingerprint density at radius 1 is 1.07 bits per heavy atom. The van der Waals surface area contributed by atoms with Crippen molar-refractivity contribution in [2.45, 2.75) is 31.6 Å². The maximum absolute atomic E-state index is 13.2. The van der Waals surface area contributed by atoms with Crippen molar-refractivity contribution in [1.82, 2.24) is 9.88 Å². The first-order valence-corrected chi connectivity index (χ1v) is 9.59. The second-order valence-corrected chi connectivity index (χ2v) is 7.35. The summed E-state index contributed by atoms with van der Waals surface area (Å²) < 4.78 is 39.1. The van der Waals surface area contributed by atoms with Crippen molar-refractivity contribution in [2.75, 3.05) is 5.32 Å². The number of halogens is 3. The van der Waals surface area contributed by atoms with Gasteiger partial charge in [0.25, 0.3) is 0 Å². The summed E-state index contributed by atoms with van der Waals surface area (Å²) in [7, 11) is 0. The summed E-state index contributed by atoms with van der Waals surface area (Å²) in [6, 6.07) is 15.3. The van der Waals surface area contributed by atoms with Gasteiger partial charge in [0.15, 0.2) is 0 Å². The van der Waals surface area contributed by atoms with Crippen molar-refractivity contribution in [3.63, 3.8) is 0 Å². The lowest BCUT2D eigenvalue weighted by Gasteiger charge is -2.42. The molecular formula is C23H20F3N3O. The highest BCUT2D eigenvalue weighted by Gasteiger charge is 2.37. The predicted octanol–water partition coefficient (Wildman–Crippen LogP) is 5.67. The molecule has 1 N–H and O–H groups in total.